The first-order valence-corrected chi connectivity index (χ1v) is 12.8. The Morgan fingerprint density at radius 3 is 2.52 bits per heavy atom. The number of hydrogen-bond acceptors (Lipinski definition) is 3. The minimum absolute atomic E-state index is 0.00573. The van der Waals surface area contributed by atoms with Crippen molar-refractivity contribution in [1.29, 1.82) is 0 Å². The highest BCUT2D eigenvalue weighted by Crippen LogP contribution is 2.69. The molecular formula is C30H34O3. The van der Waals surface area contributed by atoms with Gasteiger partial charge in [0.2, 0.25) is 0 Å². The fraction of sp³-hybridized carbons (Fsp3) is 0.533. The maximum atomic E-state index is 12.9. The number of fused-ring (bicyclic) bond motifs is 6. The van der Waals surface area contributed by atoms with Crippen molar-refractivity contribution in [1.82, 2.24) is 0 Å². The van der Waals surface area contributed by atoms with Crippen LogP contribution >= 0.6 is 0 Å². The molecule has 0 radical (unpaired) electrons. The first-order chi connectivity index (χ1) is 15.8. The summed E-state index contributed by atoms with van der Waals surface area (Å²) >= 11 is 0. The Labute approximate surface area is 197 Å². The zero-order valence-corrected chi connectivity index (χ0v) is 19.8. The van der Waals surface area contributed by atoms with E-state index in [1.54, 1.807) is 0 Å². The summed E-state index contributed by atoms with van der Waals surface area (Å²) in [5.41, 5.74) is 2.92. The number of ether oxygens (including phenoxy) is 1. The van der Waals surface area contributed by atoms with Gasteiger partial charge >= 0.3 is 5.97 Å². The van der Waals surface area contributed by atoms with Crippen LogP contribution in [0.1, 0.15) is 70.8 Å². The van der Waals surface area contributed by atoms with Gasteiger partial charge < -0.3 is 4.74 Å². The van der Waals surface area contributed by atoms with Gasteiger partial charge in [-0.05, 0) is 91.9 Å². The smallest absolute Gasteiger partial charge is 0.338 e. The molecule has 3 fully saturated rings. The maximum Gasteiger partial charge on any atom is 0.338 e. The van der Waals surface area contributed by atoms with Gasteiger partial charge in [0, 0.05) is 11.8 Å². The predicted molar refractivity (Wildman–Crippen MR) is 129 cm³/mol. The van der Waals surface area contributed by atoms with Gasteiger partial charge in [0.15, 0.2) is 5.78 Å². The van der Waals surface area contributed by atoms with Gasteiger partial charge in [-0.1, -0.05) is 55.8 Å². The summed E-state index contributed by atoms with van der Waals surface area (Å²) in [7, 11) is 0. The molecule has 0 saturated heterocycles. The molecule has 3 saturated carbocycles. The number of rotatable bonds is 2. The van der Waals surface area contributed by atoms with Crippen molar-refractivity contribution in [2.45, 2.75) is 70.8 Å². The first kappa shape index (κ1) is 21.1. The van der Waals surface area contributed by atoms with Gasteiger partial charge in [-0.3, -0.25) is 4.79 Å². The van der Waals surface area contributed by atoms with Gasteiger partial charge in [0.05, 0.1) is 5.57 Å². The van der Waals surface area contributed by atoms with Crippen LogP contribution in [-0.2, 0) is 14.3 Å². The lowest BCUT2D eigenvalue weighted by Gasteiger charge is -2.58. The Kier molecular flexibility index (Phi) is 4.67. The molecule has 0 N–H and O–H groups in total. The quantitative estimate of drug-likeness (QED) is 0.494. The Balaban J connectivity index is 1.30. The van der Waals surface area contributed by atoms with Crippen LogP contribution in [0, 0.1) is 28.6 Å². The molecule has 5 aliphatic rings. The summed E-state index contributed by atoms with van der Waals surface area (Å²) in [6, 6.07) is 10.1. The van der Waals surface area contributed by atoms with E-state index in [1.165, 1.54) is 18.4 Å². The van der Waals surface area contributed by atoms with E-state index in [1.807, 2.05) is 48.6 Å². The van der Waals surface area contributed by atoms with E-state index < -0.39 is 5.60 Å². The average molecular weight is 443 g/mol. The number of ketones is 1. The number of esters is 1. The third-order valence-corrected chi connectivity index (χ3v) is 10.3. The van der Waals surface area contributed by atoms with Gasteiger partial charge in [-0.2, -0.15) is 0 Å². The molecule has 6 rings (SSSR count). The lowest BCUT2D eigenvalue weighted by atomic mass is 9.46. The molecule has 33 heavy (non-hydrogen) atoms. The molecular weight excluding hydrogens is 408 g/mol. The summed E-state index contributed by atoms with van der Waals surface area (Å²) < 4.78 is 6.27. The fourth-order valence-electron chi connectivity index (χ4n) is 8.43. The van der Waals surface area contributed by atoms with Crippen molar-refractivity contribution >= 4 is 17.8 Å². The first-order valence-electron chi connectivity index (χ1n) is 12.8. The molecule has 1 aromatic carbocycles. The Morgan fingerprint density at radius 2 is 1.70 bits per heavy atom. The van der Waals surface area contributed by atoms with E-state index >= 15 is 0 Å². The van der Waals surface area contributed by atoms with E-state index in [0.29, 0.717) is 35.5 Å². The third-order valence-electron chi connectivity index (χ3n) is 10.3. The third kappa shape index (κ3) is 3.00. The van der Waals surface area contributed by atoms with Gasteiger partial charge in [-0.25, -0.2) is 4.79 Å². The van der Waals surface area contributed by atoms with Crippen molar-refractivity contribution in [2.24, 2.45) is 28.6 Å². The molecule has 4 aliphatic carbocycles. The number of hydrogen-bond donors (Lipinski definition) is 0. The molecule has 1 heterocycles. The van der Waals surface area contributed by atoms with E-state index in [2.05, 4.69) is 19.9 Å². The number of carbonyl (C=O) groups is 2. The molecule has 0 aromatic heterocycles. The molecule has 6 atom stereocenters. The summed E-state index contributed by atoms with van der Waals surface area (Å²) in [4.78, 5) is 25.0. The minimum Gasteiger partial charge on any atom is -0.451 e. The predicted octanol–water partition coefficient (Wildman–Crippen LogP) is 6.45. The fourth-order valence-corrected chi connectivity index (χ4v) is 8.43. The van der Waals surface area contributed by atoms with Crippen LogP contribution in [-0.4, -0.2) is 17.4 Å². The summed E-state index contributed by atoms with van der Waals surface area (Å²) in [6.07, 6.45) is 16.4. The van der Waals surface area contributed by atoms with Crippen molar-refractivity contribution in [3.05, 3.63) is 65.3 Å². The van der Waals surface area contributed by atoms with Crippen LogP contribution in [0.25, 0.3) is 6.08 Å². The molecule has 3 nitrogen and oxygen atoms in total. The van der Waals surface area contributed by atoms with Crippen molar-refractivity contribution in [3.63, 3.8) is 0 Å². The average Bonchev–Trinajstić information content (AvgIpc) is 3.29. The molecule has 3 heteroatoms. The van der Waals surface area contributed by atoms with Crippen molar-refractivity contribution in [2.75, 3.05) is 0 Å². The molecule has 1 aliphatic heterocycles. The summed E-state index contributed by atoms with van der Waals surface area (Å²) in [6.45, 7) is 4.82. The van der Waals surface area contributed by atoms with Gasteiger partial charge in [0.25, 0.3) is 0 Å². The zero-order chi connectivity index (χ0) is 22.8. The Hall–Kier alpha value is -2.42. The normalized spacial score (nSPS) is 41.9. The number of carbonyl (C=O) groups excluding carboxylic acids is 2. The van der Waals surface area contributed by atoms with E-state index in [0.717, 1.165) is 37.7 Å². The Morgan fingerprint density at radius 1 is 0.909 bits per heavy atom. The topological polar surface area (TPSA) is 43.4 Å². The minimum atomic E-state index is -0.463. The summed E-state index contributed by atoms with van der Waals surface area (Å²) in [5.74, 6) is 2.04. The van der Waals surface area contributed by atoms with Gasteiger partial charge in [0.1, 0.15) is 5.60 Å². The second-order valence-corrected chi connectivity index (χ2v) is 11.6. The Bertz CT molecular complexity index is 1090. The van der Waals surface area contributed by atoms with Crippen LogP contribution < -0.4 is 0 Å². The highest BCUT2D eigenvalue weighted by Gasteiger charge is 2.66. The maximum absolute atomic E-state index is 12.9. The number of allylic oxidation sites excluding steroid dienone is 1. The lowest BCUT2D eigenvalue weighted by molar-refractivity contribution is -0.163. The van der Waals surface area contributed by atoms with Crippen molar-refractivity contribution < 1.29 is 14.3 Å². The molecule has 1 aromatic rings. The van der Waals surface area contributed by atoms with Crippen molar-refractivity contribution in [3.8, 4) is 0 Å². The highest BCUT2D eigenvalue weighted by molar-refractivity contribution is 5.96. The van der Waals surface area contributed by atoms with Crippen LogP contribution in [0.5, 0.6) is 0 Å². The van der Waals surface area contributed by atoms with E-state index in [-0.39, 0.29) is 16.8 Å². The zero-order valence-electron chi connectivity index (χ0n) is 19.8. The molecule has 1 spiro atoms. The van der Waals surface area contributed by atoms with Crippen LogP contribution in [0.4, 0.5) is 0 Å². The molecule has 3 unspecified atom stereocenters. The number of benzene rings is 1. The van der Waals surface area contributed by atoms with Crippen LogP contribution in [0.15, 0.2) is 59.7 Å². The van der Waals surface area contributed by atoms with Crippen LogP contribution in [0.3, 0.4) is 0 Å². The lowest BCUT2D eigenvalue weighted by Crippen LogP contribution is -2.54. The van der Waals surface area contributed by atoms with Crippen LogP contribution in [0.2, 0.25) is 0 Å². The second-order valence-electron chi connectivity index (χ2n) is 11.6. The summed E-state index contributed by atoms with van der Waals surface area (Å²) in [5, 5.41) is 0. The van der Waals surface area contributed by atoms with E-state index in [9.17, 15) is 9.59 Å². The highest BCUT2D eigenvalue weighted by atomic mass is 16.6. The largest absolute Gasteiger partial charge is 0.451 e. The monoisotopic (exact) mass is 442 g/mol. The standard InChI is InChI=1S/C30H34O3/c1-28-15-12-23(31)18-22(28)10-11-24-25(28)13-16-29(2)26(24)14-17-30(29)19-21(27(32)33-30)9-8-20-6-4-3-5-7-20/h3-9,18-19,24-26H,10-17H2,1-2H3/b9-8+/t24?,25?,26?,28-,29-,30+/m0/s1. The van der Waals surface area contributed by atoms with E-state index in [4.69, 9.17) is 4.74 Å². The SMILES string of the molecule is C[C@]12CCC(=O)C=C1CCC1C2CC[C@@]2(C)C1CC[C@@]21C=C(/C=C/c2ccccc2)C(=O)O1. The van der Waals surface area contributed by atoms with Gasteiger partial charge in [-0.15, -0.1) is 0 Å². The second kappa shape index (κ2) is 7.29. The molecule has 172 valence electrons. The molecule has 0 bridgehead atoms. The molecule has 0 amide bonds.